The Labute approximate surface area is 168 Å². The molecule has 1 aliphatic rings. The molecule has 1 atom stereocenters. The molecule has 0 bridgehead atoms. The number of nitrogens with one attached hydrogen (secondary N) is 1. The lowest BCUT2D eigenvalue weighted by Crippen LogP contribution is -2.28. The number of H-pyrrole nitrogens is 1. The van der Waals surface area contributed by atoms with Crippen molar-refractivity contribution in [3.63, 3.8) is 0 Å². The zero-order chi connectivity index (χ0) is 21.3. The number of nitrogens with zero attached hydrogens (tertiary/aromatic N) is 5. The molecule has 4 heterocycles. The van der Waals surface area contributed by atoms with Gasteiger partial charge in [-0.05, 0) is 24.5 Å². The minimum atomic E-state index is -2.65. The summed E-state index contributed by atoms with van der Waals surface area (Å²) >= 11 is 0. The van der Waals surface area contributed by atoms with Gasteiger partial charge in [-0.2, -0.15) is 15.3 Å². The minimum Gasteiger partial charge on any atom is -0.392 e. The molecule has 0 aliphatic carbocycles. The maximum absolute atomic E-state index is 15.0. The lowest BCUT2D eigenvalue weighted by molar-refractivity contribution is -0.120. The second-order valence-electron chi connectivity index (χ2n) is 6.89. The number of alkyl halides is 2. The minimum absolute atomic E-state index is 0.00647. The van der Waals surface area contributed by atoms with Crippen LogP contribution in [0.4, 0.5) is 19.0 Å². The number of aliphatic hydroxyl groups is 1. The number of carbonyl (C=O) groups excluding carboxylic acids is 1. The Morgan fingerprint density at radius 1 is 1.23 bits per heavy atom. The smallest absolute Gasteiger partial charge is 0.280 e. The molecule has 11 heteroatoms. The highest BCUT2D eigenvalue weighted by atomic mass is 19.3. The number of pyridine rings is 1. The van der Waals surface area contributed by atoms with Crippen LogP contribution in [0.15, 0.2) is 30.7 Å². The van der Waals surface area contributed by atoms with Crippen molar-refractivity contribution in [1.29, 1.82) is 0 Å². The first-order chi connectivity index (χ1) is 14.5. The van der Waals surface area contributed by atoms with Crippen molar-refractivity contribution in [3.05, 3.63) is 53.4 Å². The van der Waals surface area contributed by atoms with E-state index in [0.29, 0.717) is 29.5 Å². The van der Waals surface area contributed by atoms with Crippen LogP contribution in [0.2, 0.25) is 0 Å². The maximum atomic E-state index is 15.0. The van der Waals surface area contributed by atoms with Crippen molar-refractivity contribution in [3.8, 4) is 11.3 Å². The highest BCUT2D eigenvalue weighted by Gasteiger charge is 2.36. The van der Waals surface area contributed by atoms with E-state index >= 15 is 4.39 Å². The van der Waals surface area contributed by atoms with Gasteiger partial charge in [0.1, 0.15) is 11.4 Å². The fourth-order valence-corrected chi connectivity index (χ4v) is 3.48. The van der Waals surface area contributed by atoms with Crippen molar-refractivity contribution < 1.29 is 23.1 Å². The third-order valence-electron chi connectivity index (χ3n) is 5.07. The first-order valence-corrected chi connectivity index (χ1v) is 9.18. The Kier molecular flexibility index (Phi) is 5.44. The molecule has 0 aromatic carbocycles. The fourth-order valence-electron chi connectivity index (χ4n) is 3.48. The van der Waals surface area contributed by atoms with Crippen LogP contribution < -0.4 is 4.90 Å². The number of halogens is 3. The average molecular weight is 418 g/mol. The second kappa shape index (κ2) is 8.19. The number of aliphatic hydroxyl groups excluding tert-OH is 1. The molecule has 1 unspecified atom stereocenters. The largest absolute Gasteiger partial charge is 0.392 e. The van der Waals surface area contributed by atoms with Gasteiger partial charge in [0.05, 0.1) is 19.0 Å². The number of hydrogen-bond acceptors (Lipinski definition) is 6. The molecule has 0 radical (unpaired) electrons. The standard InChI is InChI=1S/C19H17F3N6O2/c20-15-16(13-8-25-24-7-12(13)9-29)26-27-18(15)28-4-3-11(19(28)30)5-10-1-2-14(17(21)22)23-6-10/h1-2,6-8,11,17,29H,3-5,9H2,(H,26,27). The van der Waals surface area contributed by atoms with E-state index < -0.39 is 18.2 Å². The molecule has 3 aromatic heterocycles. The van der Waals surface area contributed by atoms with E-state index in [1.54, 1.807) is 0 Å². The molecule has 3 aromatic rings. The quantitative estimate of drug-likeness (QED) is 0.637. The molecule has 1 saturated heterocycles. The van der Waals surface area contributed by atoms with Gasteiger partial charge in [-0.1, -0.05) is 6.07 Å². The van der Waals surface area contributed by atoms with Gasteiger partial charge in [0.25, 0.3) is 6.43 Å². The lowest BCUT2D eigenvalue weighted by Gasteiger charge is -2.14. The molecule has 30 heavy (non-hydrogen) atoms. The summed E-state index contributed by atoms with van der Waals surface area (Å²) in [5, 5.41) is 23.3. The van der Waals surface area contributed by atoms with Gasteiger partial charge in [0, 0.05) is 29.8 Å². The predicted octanol–water partition coefficient (Wildman–Crippen LogP) is 2.43. The first-order valence-electron chi connectivity index (χ1n) is 9.18. The van der Waals surface area contributed by atoms with Crippen LogP contribution in [0.5, 0.6) is 0 Å². The van der Waals surface area contributed by atoms with Crippen LogP contribution >= 0.6 is 0 Å². The molecule has 1 aliphatic heterocycles. The summed E-state index contributed by atoms with van der Waals surface area (Å²) in [6, 6.07) is 2.75. The normalized spacial score (nSPS) is 16.6. The Morgan fingerprint density at radius 3 is 2.73 bits per heavy atom. The number of carbonyl (C=O) groups is 1. The average Bonchev–Trinajstić information content (AvgIpc) is 3.30. The van der Waals surface area contributed by atoms with Crippen molar-refractivity contribution in [2.45, 2.75) is 25.9 Å². The number of aromatic amines is 1. The topological polar surface area (TPSA) is 108 Å². The van der Waals surface area contributed by atoms with Crippen molar-refractivity contribution in [2.75, 3.05) is 11.4 Å². The second-order valence-corrected chi connectivity index (χ2v) is 6.89. The van der Waals surface area contributed by atoms with Gasteiger partial charge in [0.15, 0.2) is 11.6 Å². The molecule has 0 spiro atoms. The first kappa shape index (κ1) is 20.0. The van der Waals surface area contributed by atoms with Crippen molar-refractivity contribution in [2.24, 2.45) is 5.92 Å². The SMILES string of the molecule is O=C1C(Cc2ccc(C(F)F)nc2)CCN1c1n[nH]c(-c2cnncc2CO)c1F. The van der Waals surface area contributed by atoms with Gasteiger partial charge in [-0.25, -0.2) is 13.2 Å². The van der Waals surface area contributed by atoms with Crippen LogP contribution in [-0.4, -0.2) is 42.9 Å². The summed E-state index contributed by atoms with van der Waals surface area (Å²) < 4.78 is 40.3. The highest BCUT2D eigenvalue weighted by Crippen LogP contribution is 2.33. The Balaban J connectivity index is 1.52. The number of hydrogen-bond donors (Lipinski definition) is 2. The van der Waals surface area contributed by atoms with E-state index in [9.17, 15) is 18.7 Å². The molecule has 0 saturated carbocycles. The van der Waals surface area contributed by atoms with Crippen LogP contribution in [-0.2, 0) is 17.8 Å². The zero-order valence-electron chi connectivity index (χ0n) is 15.6. The van der Waals surface area contributed by atoms with Crippen LogP contribution in [0, 0.1) is 11.7 Å². The molecule has 156 valence electrons. The maximum Gasteiger partial charge on any atom is 0.280 e. The van der Waals surface area contributed by atoms with Gasteiger partial charge >= 0.3 is 0 Å². The molecular formula is C19H17F3N6O2. The molecular weight excluding hydrogens is 401 g/mol. The number of anilines is 1. The van der Waals surface area contributed by atoms with E-state index in [-0.39, 0.29) is 36.3 Å². The van der Waals surface area contributed by atoms with E-state index in [0.717, 1.165) is 0 Å². The zero-order valence-corrected chi connectivity index (χ0v) is 15.6. The Hall–Kier alpha value is -3.34. The van der Waals surface area contributed by atoms with E-state index in [4.69, 9.17) is 0 Å². The van der Waals surface area contributed by atoms with Crippen LogP contribution in [0.3, 0.4) is 0 Å². The molecule has 1 fully saturated rings. The summed E-state index contributed by atoms with van der Waals surface area (Å²) in [7, 11) is 0. The van der Waals surface area contributed by atoms with E-state index in [1.807, 2.05) is 0 Å². The summed E-state index contributed by atoms with van der Waals surface area (Å²) in [5.74, 6) is -1.60. The number of amides is 1. The summed E-state index contributed by atoms with van der Waals surface area (Å²) in [6.45, 7) is -0.0868. The highest BCUT2D eigenvalue weighted by molar-refractivity contribution is 5.97. The van der Waals surface area contributed by atoms with E-state index in [1.165, 1.54) is 35.6 Å². The van der Waals surface area contributed by atoms with Gasteiger partial charge in [0.2, 0.25) is 5.91 Å². The predicted molar refractivity (Wildman–Crippen MR) is 98.9 cm³/mol. The lowest BCUT2D eigenvalue weighted by atomic mass is 9.99. The third kappa shape index (κ3) is 3.63. The number of aromatic nitrogens is 5. The van der Waals surface area contributed by atoms with Gasteiger partial charge < -0.3 is 5.11 Å². The van der Waals surface area contributed by atoms with Crippen molar-refractivity contribution >= 4 is 11.7 Å². The van der Waals surface area contributed by atoms with Crippen LogP contribution in [0.25, 0.3) is 11.3 Å². The Bertz CT molecular complexity index is 1060. The monoisotopic (exact) mass is 418 g/mol. The molecule has 8 nitrogen and oxygen atoms in total. The van der Waals surface area contributed by atoms with E-state index in [2.05, 4.69) is 25.4 Å². The molecule has 4 rings (SSSR count). The fraction of sp³-hybridized carbons (Fsp3) is 0.316. The van der Waals surface area contributed by atoms with Gasteiger partial charge in [-0.3, -0.25) is 19.8 Å². The Morgan fingerprint density at radius 2 is 2.03 bits per heavy atom. The van der Waals surface area contributed by atoms with Gasteiger partial charge in [-0.15, -0.1) is 0 Å². The summed E-state index contributed by atoms with van der Waals surface area (Å²) in [6.07, 6.45) is 2.08. The summed E-state index contributed by atoms with van der Waals surface area (Å²) in [4.78, 5) is 17.8. The number of rotatable bonds is 6. The summed E-state index contributed by atoms with van der Waals surface area (Å²) in [5.41, 5.74) is 1.00. The molecule has 1 amide bonds. The van der Waals surface area contributed by atoms with Crippen LogP contribution in [0.1, 0.15) is 29.7 Å². The molecule has 2 N–H and O–H groups in total. The van der Waals surface area contributed by atoms with Crippen molar-refractivity contribution in [1.82, 2.24) is 25.4 Å². The third-order valence-corrected chi connectivity index (χ3v) is 5.07.